The van der Waals surface area contributed by atoms with Crippen LogP contribution < -0.4 is 5.11 Å². The molecule has 0 N–H and O–H groups in total. The lowest BCUT2D eigenvalue weighted by Crippen LogP contribution is -2.06. The predicted octanol–water partition coefficient (Wildman–Crippen LogP) is -0.663. The van der Waals surface area contributed by atoms with Crippen molar-refractivity contribution in [3.05, 3.63) is 17.8 Å². The lowest BCUT2D eigenvalue weighted by Gasteiger charge is -2.01. The molecule has 5 nitrogen and oxygen atoms in total. The first-order valence-electron chi connectivity index (χ1n) is 2.83. The highest BCUT2D eigenvalue weighted by atomic mass is 16.5. The van der Waals surface area contributed by atoms with E-state index in [4.69, 9.17) is 0 Å². The largest absolute Gasteiger partial charge is 0.857 e. The molecule has 0 amide bonds. The highest BCUT2D eigenvalue weighted by molar-refractivity contribution is 5.86. The summed E-state index contributed by atoms with van der Waals surface area (Å²) in [6, 6.07) is 2.42. The van der Waals surface area contributed by atoms with E-state index in [1.54, 1.807) is 0 Å². The fraction of sp³-hybridized carbons (Fsp3) is 0.167. The number of ether oxygens (including phenoxy) is 1. The number of esters is 1. The minimum atomic E-state index is -0.600. The van der Waals surface area contributed by atoms with Crippen molar-refractivity contribution in [3.8, 4) is 5.88 Å². The summed E-state index contributed by atoms with van der Waals surface area (Å²) in [4.78, 5) is 10.7. The number of hydrogen-bond acceptors (Lipinski definition) is 5. The molecule has 0 aliphatic carbocycles. The minimum absolute atomic E-state index is 0.0344. The summed E-state index contributed by atoms with van der Waals surface area (Å²) in [5, 5.41) is 16.9. The summed E-state index contributed by atoms with van der Waals surface area (Å²) in [7, 11) is 1.23. The highest BCUT2D eigenvalue weighted by Gasteiger charge is 2.04. The number of carbonyl (C=O) groups excluding carboxylic acids is 1. The normalized spacial score (nSPS) is 9.18. The first kappa shape index (κ1) is 7.46. The first-order chi connectivity index (χ1) is 5.24. The Bertz CT molecular complexity index is 257. The van der Waals surface area contributed by atoms with Crippen molar-refractivity contribution < 1.29 is 14.6 Å². The van der Waals surface area contributed by atoms with Crippen LogP contribution in [0, 0.1) is 0 Å². The third kappa shape index (κ3) is 1.64. The van der Waals surface area contributed by atoms with Gasteiger partial charge < -0.3 is 9.84 Å². The van der Waals surface area contributed by atoms with E-state index in [9.17, 15) is 9.90 Å². The quantitative estimate of drug-likeness (QED) is 0.500. The number of nitrogens with zero attached hydrogens (tertiary/aromatic N) is 2. The molecular weight excluding hydrogens is 148 g/mol. The SMILES string of the molecule is COC(=O)c1ccc([O-])nn1. The van der Waals surface area contributed by atoms with Gasteiger partial charge in [0.1, 0.15) is 0 Å². The maximum Gasteiger partial charge on any atom is 0.358 e. The van der Waals surface area contributed by atoms with Gasteiger partial charge in [0.2, 0.25) is 0 Å². The Labute approximate surface area is 62.6 Å². The molecule has 0 aliphatic rings. The molecule has 0 radical (unpaired) electrons. The number of methoxy groups -OCH3 is 1. The first-order valence-corrected chi connectivity index (χ1v) is 2.83. The summed E-state index contributed by atoms with van der Waals surface area (Å²) in [5.41, 5.74) is 0.0344. The van der Waals surface area contributed by atoms with Gasteiger partial charge in [0.15, 0.2) is 5.69 Å². The molecule has 58 valence electrons. The molecule has 1 rings (SSSR count). The minimum Gasteiger partial charge on any atom is -0.857 e. The summed E-state index contributed by atoms with van der Waals surface area (Å²) in [6.07, 6.45) is 0. The van der Waals surface area contributed by atoms with Gasteiger partial charge in [-0.3, -0.25) is 0 Å². The Morgan fingerprint density at radius 2 is 2.27 bits per heavy atom. The smallest absolute Gasteiger partial charge is 0.358 e. The fourth-order valence-electron chi connectivity index (χ4n) is 0.533. The molecule has 11 heavy (non-hydrogen) atoms. The predicted molar refractivity (Wildman–Crippen MR) is 32.8 cm³/mol. The van der Waals surface area contributed by atoms with Gasteiger partial charge in [-0.25, -0.2) is 4.79 Å². The van der Waals surface area contributed by atoms with Crippen molar-refractivity contribution in [1.29, 1.82) is 0 Å². The van der Waals surface area contributed by atoms with Gasteiger partial charge in [-0.15, -0.1) is 5.10 Å². The Balaban J connectivity index is 2.90. The average Bonchev–Trinajstić information content (AvgIpc) is 2.05. The van der Waals surface area contributed by atoms with Crippen LogP contribution >= 0.6 is 0 Å². The van der Waals surface area contributed by atoms with Crippen LogP contribution in [0.25, 0.3) is 0 Å². The van der Waals surface area contributed by atoms with E-state index in [0.29, 0.717) is 0 Å². The summed E-state index contributed by atoms with van der Waals surface area (Å²) in [5.74, 6) is -1.07. The number of hydrogen-bond donors (Lipinski definition) is 0. The highest BCUT2D eigenvalue weighted by Crippen LogP contribution is 1.98. The molecule has 0 bridgehead atoms. The molecule has 1 aromatic rings. The van der Waals surface area contributed by atoms with Crippen LogP contribution in [-0.2, 0) is 4.74 Å². The molecular formula is C6H5N2O3-. The van der Waals surface area contributed by atoms with Crippen LogP contribution in [0.1, 0.15) is 10.5 Å². The van der Waals surface area contributed by atoms with E-state index >= 15 is 0 Å². The number of aromatic nitrogens is 2. The fourth-order valence-corrected chi connectivity index (χ4v) is 0.533. The summed E-state index contributed by atoms with van der Waals surface area (Å²) in [6.45, 7) is 0. The van der Waals surface area contributed by atoms with Gasteiger partial charge >= 0.3 is 5.97 Å². The topological polar surface area (TPSA) is 75.1 Å². The molecule has 0 saturated heterocycles. The van der Waals surface area contributed by atoms with Crippen LogP contribution in [0.2, 0.25) is 0 Å². The van der Waals surface area contributed by atoms with E-state index in [1.807, 2.05) is 0 Å². The Kier molecular flexibility index (Phi) is 2.00. The average molecular weight is 153 g/mol. The van der Waals surface area contributed by atoms with Crippen molar-refractivity contribution >= 4 is 5.97 Å². The Hall–Kier alpha value is -1.65. The molecule has 1 aromatic heterocycles. The van der Waals surface area contributed by atoms with Crippen molar-refractivity contribution in [2.45, 2.75) is 0 Å². The zero-order valence-electron chi connectivity index (χ0n) is 5.77. The van der Waals surface area contributed by atoms with E-state index < -0.39 is 11.8 Å². The van der Waals surface area contributed by atoms with Crippen molar-refractivity contribution in [2.75, 3.05) is 7.11 Å². The zero-order chi connectivity index (χ0) is 8.27. The monoisotopic (exact) mass is 153 g/mol. The third-order valence-electron chi connectivity index (χ3n) is 1.03. The van der Waals surface area contributed by atoms with Gasteiger partial charge in [0.25, 0.3) is 0 Å². The molecule has 1 heterocycles. The van der Waals surface area contributed by atoms with Gasteiger partial charge in [0, 0.05) is 5.88 Å². The van der Waals surface area contributed by atoms with Crippen LogP contribution in [0.4, 0.5) is 0 Å². The third-order valence-corrected chi connectivity index (χ3v) is 1.03. The van der Waals surface area contributed by atoms with E-state index in [2.05, 4.69) is 14.9 Å². The molecule has 0 fully saturated rings. The second-order valence-electron chi connectivity index (χ2n) is 1.75. The molecule has 0 spiro atoms. The Morgan fingerprint density at radius 3 is 2.73 bits per heavy atom. The molecule has 0 aliphatic heterocycles. The molecule has 0 unspecified atom stereocenters. The van der Waals surface area contributed by atoms with Crippen LogP contribution in [0.15, 0.2) is 12.1 Å². The van der Waals surface area contributed by atoms with Gasteiger partial charge in [-0.1, -0.05) is 0 Å². The molecule has 0 atom stereocenters. The molecule has 0 aromatic carbocycles. The number of rotatable bonds is 1. The maximum atomic E-state index is 10.7. The lowest BCUT2D eigenvalue weighted by molar-refractivity contribution is -0.275. The summed E-state index contributed by atoms with van der Waals surface area (Å²) < 4.78 is 4.33. The molecule has 5 heteroatoms. The number of carbonyl (C=O) groups is 1. The van der Waals surface area contributed by atoms with Crippen LogP contribution in [0.5, 0.6) is 5.88 Å². The Morgan fingerprint density at radius 1 is 1.55 bits per heavy atom. The van der Waals surface area contributed by atoms with Gasteiger partial charge in [-0.2, -0.15) is 5.10 Å². The van der Waals surface area contributed by atoms with Crippen molar-refractivity contribution in [2.24, 2.45) is 0 Å². The van der Waals surface area contributed by atoms with Crippen molar-refractivity contribution in [1.82, 2.24) is 10.2 Å². The van der Waals surface area contributed by atoms with E-state index in [1.165, 1.54) is 13.2 Å². The van der Waals surface area contributed by atoms with Gasteiger partial charge in [0.05, 0.1) is 7.11 Å². The van der Waals surface area contributed by atoms with E-state index in [0.717, 1.165) is 6.07 Å². The van der Waals surface area contributed by atoms with Crippen LogP contribution in [0.3, 0.4) is 0 Å². The van der Waals surface area contributed by atoms with Crippen molar-refractivity contribution in [3.63, 3.8) is 0 Å². The van der Waals surface area contributed by atoms with Gasteiger partial charge in [-0.05, 0) is 12.1 Å². The van der Waals surface area contributed by atoms with Crippen LogP contribution in [-0.4, -0.2) is 23.3 Å². The molecule has 0 saturated carbocycles. The second kappa shape index (κ2) is 2.96. The standard InChI is InChI=1S/C6H6N2O3/c1-11-6(10)4-2-3-5(9)8-7-4/h2-3H,1H3,(H,8,9)/p-1. The van der Waals surface area contributed by atoms with E-state index in [-0.39, 0.29) is 5.69 Å². The maximum absolute atomic E-state index is 10.7. The zero-order valence-corrected chi connectivity index (χ0v) is 5.77. The second-order valence-corrected chi connectivity index (χ2v) is 1.75. The summed E-state index contributed by atoms with van der Waals surface area (Å²) >= 11 is 0. The lowest BCUT2D eigenvalue weighted by atomic mass is 10.4.